The van der Waals surface area contributed by atoms with Gasteiger partial charge in [-0.2, -0.15) is 0 Å². The Kier molecular flexibility index (Phi) is 7.47. The average Bonchev–Trinajstić information content (AvgIpc) is 3.04. The first-order valence-corrected chi connectivity index (χ1v) is 9.12. The smallest absolute Gasteiger partial charge is 0.138 e. The van der Waals surface area contributed by atoms with E-state index in [9.17, 15) is 0 Å². The molecule has 0 saturated carbocycles. The molecule has 138 valence electrons. The van der Waals surface area contributed by atoms with E-state index in [1.54, 1.807) is 7.11 Å². The number of hydrogen-bond acceptors (Lipinski definition) is 5. The van der Waals surface area contributed by atoms with Gasteiger partial charge in [0.05, 0.1) is 12.8 Å². The van der Waals surface area contributed by atoms with Crippen molar-refractivity contribution in [2.45, 2.75) is 46.7 Å². The maximum absolute atomic E-state index is 5.54. The second-order valence-corrected chi connectivity index (χ2v) is 6.39. The summed E-state index contributed by atoms with van der Waals surface area (Å²) < 4.78 is 10.8. The lowest BCUT2D eigenvalue weighted by molar-refractivity contribution is 0.289. The summed E-state index contributed by atoms with van der Waals surface area (Å²) in [6.07, 6.45) is 0.841. The Morgan fingerprint density at radius 1 is 1.24 bits per heavy atom. The Balaban J connectivity index is 1.99. The third kappa shape index (κ3) is 5.58. The quantitative estimate of drug-likeness (QED) is 0.711. The number of aryl methyl sites for hydroxylation is 1. The van der Waals surface area contributed by atoms with Crippen LogP contribution < -0.4 is 10.1 Å². The molecule has 1 atom stereocenters. The van der Waals surface area contributed by atoms with E-state index in [0.717, 1.165) is 49.8 Å². The number of nitrogens with zero attached hydrogens (tertiary/aromatic N) is 2. The number of methoxy groups -OCH3 is 1. The van der Waals surface area contributed by atoms with E-state index in [-0.39, 0.29) is 6.04 Å². The molecule has 1 aromatic heterocycles. The molecule has 0 radical (unpaired) electrons. The van der Waals surface area contributed by atoms with E-state index in [1.807, 2.05) is 13.0 Å². The van der Waals surface area contributed by atoms with Gasteiger partial charge in [0, 0.05) is 37.2 Å². The maximum atomic E-state index is 5.54. The Morgan fingerprint density at radius 2 is 2.00 bits per heavy atom. The first-order valence-electron chi connectivity index (χ1n) is 9.12. The maximum Gasteiger partial charge on any atom is 0.138 e. The van der Waals surface area contributed by atoms with E-state index in [0.29, 0.717) is 0 Å². The van der Waals surface area contributed by atoms with Crippen molar-refractivity contribution in [2.24, 2.45) is 0 Å². The molecule has 0 amide bonds. The highest BCUT2D eigenvalue weighted by molar-refractivity contribution is 5.38. The topological polar surface area (TPSA) is 50.5 Å². The van der Waals surface area contributed by atoms with Crippen LogP contribution in [0.1, 0.15) is 49.4 Å². The van der Waals surface area contributed by atoms with Crippen molar-refractivity contribution >= 4 is 0 Å². The van der Waals surface area contributed by atoms with Crippen LogP contribution in [0.3, 0.4) is 0 Å². The minimum atomic E-state index is 0.269. The fourth-order valence-electron chi connectivity index (χ4n) is 2.94. The van der Waals surface area contributed by atoms with Gasteiger partial charge in [0.25, 0.3) is 0 Å². The monoisotopic (exact) mass is 345 g/mol. The molecule has 0 aliphatic carbocycles. The second kappa shape index (κ2) is 9.59. The van der Waals surface area contributed by atoms with Crippen LogP contribution in [-0.4, -0.2) is 36.8 Å². The van der Waals surface area contributed by atoms with Gasteiger partial charge in [-0.15, -0.1) is 0 Å². The molecular weight excluding hydrogens is 314 g/mol. The fourth-order valence-corrected chi connectivity index (χ4v) is 2.94. The zero-order valence-electron chi connectivity index (χ0n) is 16.1. The highest BCUT2D eigenvalue weighted by Crippen LogP contribution is 2.24. The zero-order valence-corrected chi connectivity index (χ0v) is 16.1. The van der Waals surface area contributed by atoms with Gasteiger partial charge in [0.1, 0.15) is 11.5 Å². The summed E-state index contributed by atoms with van der Waals surface area (Å²) in [6.45, 7) is 12.3. The molecule has 25 heavy (non-hydrogen) atoms. The van der Waals surface area contributed by atoms with Crippen LogP contribution in [0.25, 0.3) is 0 Å². The van der Waals surface area contributed by atoms with Crippen LogP contribution >= 0.6 is 0 Å². The van der Waals surface area contributed by atoms with Gasteiger partial charge in [0.2, 0.25) is 0 Å². The molecule has 1 N–H and O–H groups in total. The van der Waals surface area contributed by atoms with Crippen molar-refractivity contribution in [1.29, 1.82) is 0 Å². The minimum absolute atomic E-state index is 0.269. The molecule has 0 aliphatic heterocycles. The van der Waals surface area contributed by atoms with E-state index in [1.165, 1.54) is 11.1 Å². The van der Waals surface area contributed by atoms with E-state index < -0.39 is 0 Å². The van der Waals surface area contributed by atoms with Crippen LogP contribution in [0.2, 0.25) is 0 Å². The predicted molar refractivity (Wildman–Crippen MR) is 101 cm³/mol. The summed E-state index contributed by atoms with van der Waals surface area (Å²) in [5.41, 5.74) is 3.44. The summed E-state index contributed by atoms with van der Waals surface area (Å²) in [4.78, 5) is 2.39. The van der Waals surface area contributed by atoms with Gasteiger partial charge in [-0.05, 0) is 44.6 Å². The van der Waals surface area contributed by atoms with Crippen LogP contribution in [-0.2, 0) is 13.0 Å². The molecule has 1 heterocycles. The number of aromatic nitrogens is 1. The first-order chi connectivity index (χ1) is 12.1. The molecular formula is C20H31N3O2. The molecule has 0 fully saturated rings. The Morgan fingerprint density at radius 3 is 2.60 bits per heavy atom. The summed E-state index contributed by atoms with van der Waals surface area (Å²) in [6, 6.07) is 8.73. The van der Waals surface area contributed by atoms with Crippen LogP contribution in [0.4, 0.5) is 0 Å². The van der Waals surface area contributed by atoms with Crippen molar-refractivity contribution in [3.05, 3.63) is 46.8 Å². The molecule has 2 aromatic rings. The Bertz CT molecular complexity index is 650. The third-order valence-corrected chi connectivity index (χ3v) is 4.59. The van der Waals surface area contributed by atoms with Crippen molar-refractivity contribution in [3.8, 4) is 5.75 Å². The van der Waals surface area contributed by atoms with E-state index in [2.05, 4.69) is 54.3 Å². The molecule has 0 aliphatic rings. The predicted octanol–water partition coefficient (Wildman–Crippen LogP) is 3.73. The van der Waals surface area contributed by atoms with Crippen LogP contribution in [0.5, 0.6) is 5.75 Å². The summed E-state index contributed by atoms with van der Waals surface area (Å²) >= 11 is 0. The average molecular weight is 345 g/mol. The SMILES string of the molecule is CCN(CC)Cc1cc(C(C)NCCc2cc(C)no2)ccc1OC. The summed E-state index contributed by atoms with van der Waals surface area (Å²) in [5.74, 6) is 1.88. The Hall–Kier alpha value is -1.85. The van der Waals surface area contributed by atoms with Crippen molar-refractivity contribution in [2.75, 3.05) is 26.7 Å². The molecule has 2 rings (SSSR count). The van der Waals surface area contributed by atoms with Crippen molar-refractivity contribution < 1.29 is 9.26 Å². The molecule has 0 bridgehead atoms. The number of hydrogen-bond donors (Lipinski definition) is 1. The summed E-state index contributed by atoms with van der Waals surface area (Å²) in [7, 11) is 1.74. The standard InChI is InChI=1S/C20H31N3O2/c1-6-23(7-2)14-18-13-17(8-9-20(18)24-5)16(4)21-11-10-19-12-15(3)22-25-19/h8-9,12-13,16,21H,6-7,10-11,14H2,1-5H3. The van der Waals surface area contributed by atoms with Crippen LogP contribution in [0, 0.1) is 6.92 Å². The van der Waals surface area contributed by atoms with Crippen molar-refractivity contribution in [1.82, 2.24) is 15.4 Å². The largest absolute Gasteiger partial charge is 0.496 e. The highest BCUT2D eigenvalue weighted by Gasteiger charge is 2.12. The van der Waals surface area contributed by atoms with Gasteiger partial charge < -0.3 is 14.6 Å². The van der Waals surface area contributed by atoms with Gasteiger partial charge >= 0.3 is 0 Å². The number of ether oxygens (including phenoxy) is 1. The molecule has 1 aromatic carbocycles. The van der Waals surface area contributed by atoms with E-state index in [4.69, 9.17) is 9.26 Å². The number of benzene rings is 1. The van der Waals surface area contributed by atoms with Gasteiger partial charge in [0.15, 0.2) is 0 Å². The first kappa shape index (κ1) is 19.5. The molecule has 0 spiro atoms. The molecule has 0 saturated heterocycles. The molecule has 5 heteroatoms. The molecule has 1 unspecified atom stereocenters. The number of nitrogens with one attached hydrogen (secondary N) is 1. The van der Waals surface area contributed by atoms with Crippen LogP contribution in [0.15, 0.2) is 28.8 Å². The fraction of sp³-hybridized carbons (Fsp3) is 0.550. The second-order valence-electron chi connectivity index (χ2n) is 6.39. The number of rotatable bonds is 10. The highest BCUT2D eigenvalue weighted by atomic mass is 16.5. The van der Waals surface area contributed by atoms with Gasteiger partial charge in [-0.1, -0.05) is 25.1 Å². The lowest BCUT2D eigenvalue weighted by Crippen LogP contribution is -2.24. The summed E-state index contributed by atoms with van der Waals surface area (Å²) in [5, 5.41) is 7.49. The Labute approximate surface area is 151 Å². The lowest BCUT2D eigenvalue weighted by atomic mass is 10.0. The lowest BCUT2D eigenvalue weighted by Gasteiger charge is -2.21. The zero-order chi connectivity index (χ0) is 18.2. The molecule has 5 nitrogen and oxygen atoms in total. The third-order valence-electron chi connectivity index (χ3n) is 4.59. The van der Waals surface area contributed by atoms with Gasteiger partial charge in [-0.3, -0.25) is 4.90 Å². The van der Waals surface area contributed by atoms with E-state index >= 15 is 0 Å². The van der Waals surface area contributed by atoms with Crippen molar-refractivity contribution in [3.63, 3.8) is 0 Å². The normalized spacial score (nSPS) is 12.6. The van der Waals surface area contributed by atoms with Gasteiger partial charge in [-0.25, -0.2) is 0 Å². The minimum Gasteiger partial charge on any atom is -0.496 e.